The molecule has 5 heteroatoms. The second-order valence-electron chi connectivity index (χ2n) is 6.15. The number of ether oxygens (including phenoxy) is 1. The van der Waals surface area contributed by atoms with Crippen LogP contribution in [0.1, 0.15) is 11.1 Å². The van der Waals surface area contributed by atoms with Crippen molar-refractivity contribution in [1.29, 1.82) is 0 Å². The largest absolute Gasteiger partial charge is 0.497 e. The summed E-state index contributed by atoms with van der Waals surface area (Å²) in [6, 6.07) is 21.6. The van der Waals surface area contributed by atoms with Crippen LogP contribution in [0.3, 0.4) is 0 Å². The van der Waals surface area contributed by atoms with Crippen LogP contribution in [0.2, 0.25) is 0 Å². The third kappa shape index (κ3) is 3.99. The van der Waals surface area contributed by atoms with E-state index in [0.29, 0.717) is 17.3 Å². The summed E-state index contributed by atoms with van der Waals surface area (Å²) in [4.78, 5) is 0. The Labute approximate surface area is 161 Å². The van der Waals surface area contributed by atoms with Crippen LogP contribution >= 0.6 is 0 Å². The highest BCUT2D eigenvalue weighted by Gasteiger charge is 2.10. The van der Waals surface area contributed by atoms with Gasteiger partial charge in [-0.3, -0.25) is 0 Å². The normalized spacial score (nSPS) is 11.1. The molecule has 0 aliphatic heterocycles. The quantitative estimate of drug-likeness (QED) is 0.420. The van der Waals surface area contributed by atoms with Gasteiger partial charge in [-0.1, -0.05) is 36.4 Å². The van der Waals surface area contributed by atoms with E-state index in [1.54, 1.807) is 19.2 Å². The Morgan fingerprint density at radius 2 is 1.39 bits per heavy atom. The average molecular weight is 372 g/mol. The summed E-state index contributed by atoms with van der Waals surface area (Å²) < 4.78 is 24.0. The number of benzene rings is 3. The molecule has 3 aromatic carbocycles. The highest BCUT2D eigenvalue weighted by Crippen LogP contribution is 2.24. The highest BCUT2D eigenvalue weighted by molar-refractivity contribution is 5.71. The van der Waals surface area contributed by atoms with Crippen molar-refractivity contribution in [3.63, 3.8) is 0 Å². The molecule has 4 nitrogen and oxygen atoms in total. The molecule has 0 saturated heterocycles. The maximum absolute atomic E-state index is 13.0. The summed E-state index contributed by atoms with van der Waals surface area (Å²) in [6.45, 7) is 0. The molecule has 4 aromatic rings. The minimum atomic E-state index is -0.305. The van der Waals surface area contributed by atoms with Crippen LogP contribution in [0.4, 0.5) is 4.39 Å². The van der Waals surface area contributed by atoms with Gasteiger partial charge in [0.1, 0.15) is 11.6 Å². The van der Waals surface area contributed by atoms with Gasteiger partial charge >= 0.3 is 0 Å². The van der Waals surface area contributed by atoms with E-state index in [9.17, 15) is 4.39 Å². The summed E-state index contributed by atoms with van der Waals surface area (Å²) in [6.07, 6.45) is 4.05. The predicted molar refractivity (Wildman–Crippen MR) is 107 cm³/mol. The maximum Gasteiger partial charge on any atom is 0.248 e. The molecule has 4 rings (SSSR count). The van der Waals surface area contributed by atoms with Crippen LogP contribution in [0.25, 0.3) is 35.1 Å². The number of halogens is 1. The molecular weight excluding hydrogens is 355 g/mol. The van der Waals surface area contributed by atoms with E-state index in [-0.39, 0.29) is 5.82 Å². The Morgan fingerprint density at radius 1 is 0.786 bits per heavy atom. The number of methoxy groups -OCH3 is 1. The molecule has 0 atom stereocenters. The number of hydrogen-bond acceptors (Lipinski definition) is 4. The van der Waals surface area contributed by atoms with Crippen molar-refractivity contribution in [2.75, 3.05) is 7.11 Å². The van der Waals surface area contributed by atoms with Gasteiger partial charge in [0, 0.05) is 11.1 Å². The third-order valence-electron chi connectivity index (χ3n) is 4.24. The van der Waals surface area contributed by atoms with Crippen molar-refractivity contribution in [1.82, 2.24) is 10.2 Å². The number of rotatable bonds is 5. The Kier molecular flexibility index (Phi) is 4.97. The molecular formula is C23H17FN2O2. The van der Waals surface area contributed by atoms with E-state index in [4.69, 9.17) is 9.15 Å². The SMILES string of the molecule is COc1cccc(/C=C/c2ccc(-c3nnc(-c4ccc(F)cc4)o3)cc2)c1. The summed E-state index contributed by atoms with van der Waals surface area (Å²) in [7, 11) is 1.65. The zero-order valence-electron chi connectivity index (χ0n) is 15.2. The first kappa shape index (κ1) is 17.7. The Balaban J connectivity index is 1.50. The van der Waals surface area contributed by atoms with Crippen molar-refractivity contribution in [3.8, 4) is 28.7 Å². The molecule has 28 heavy (non-hydrogen) atoms. The smallest absolute Gasteiger partial charge is 0.248 e. The van der Waals surface area contributed by atoms with Crippen molar-refractivity contribution in [2.45, 2.75) is 0 Å². The van der Waals surface area contributed by atoms with Gasteiger partial charge in [0.25, 0.3) is 0 Å². The first-order valence-corrected chi connectivity index (χ1v) is 8.73. The fourth-order valence-corrected chi connectivity index (χ4v) is 2.72. The number of nitrogens with zero attached hydrogens (tertiary/aromatic N) is 2. The average Bonchev–Trinajstić information content (AvgIpc) is 3.23. The highest BCUT2D eigenvalue weighted by atomic mass is 19.1. The van der Waals surface area contributed by atoms with Crippen molar-refractivity contribution >= 4 is 12.2 Å². The van der Waals surface area contributed by atoms with Crippen LogP contribution in [0.5, 0.6) is 5.75 Å². The molecule has 0 aliphatic rings. The van der Waals surface area contributed by atoms with Gasteiger partial charge < -0.3 is 9.15 Å². The molecule has 0 bridgehead atoms. The molecule has 138 valence electrons. The van der Waals surface area contributed by atoms with Gasteiger partial charge in [-0.25, -0.2) is 4.39 Å². The first-order chi connectivity index (χ1) is 13.7. The molecule has 0 fully saturated rings. The van der Waals surface area contributed by atoms with Gasteiger partial charge in [0.05, 0.1) is 7.11 Å². The lowest BCUT2D eigenvalue weighted by Gasteiger charge is -2.00. The van der Waals surface area contributed by atoms with Crippen LogP contribution < -0.4 is 4.74 Å². The van der Waals surface area contributed by atoms with Gasteiger partial charge in [-0.05, 0) is 59.7 Å². The minimum absolute atomic E-state index is 0.305. The second-order valence-corrected chi connectivity index (χ2v) is 6.15. The van der Waals surface area contributed by atoms with E-state index in [1.165, 1.54) is 12.1 Å². The lowest BCUT2D eigenvalue weighted by Crippen LogP contribution is -1.82. The van der Waals surface area contributed by atoms with Crippen LogP contribution in [0.15, 0.2) is 77.2 Å². The summed E-state index contributed by atoms with van der Waals surface area (Å²) in [5, 5.41) is 8.13. The molecule has 0 spiro atoms. The van der Waals surface area contributed by atoms with Gasteiger partial charge in [0.2, 0.25) is 11.8 Å². The summed E-state index contributed by atoms with van der Waals surface area (Å²) in [5.74, 6) is 1.30. The van der Waals surface area contributed by atoms with E-state index < -0.39 is 0 Å². The van der Waals surface area contributed by atoms with E-state index in [1.807, 2.05) is 60.7 Å². The monoisotopic (exact) mass is 372 g/mol. The van der Waals surface area contributed by atoms with E-state index in [0.717, 1.165) is 22.4 Å². The minimum Gasteiger partial charge on any atom is -0.497 e. The molecule has 0 aliphatic carbocycles. The lowest BCUT2D eigenvalue weighted by atomic mass is 10.1. The Bertz CT molecular complexity index is 1100. The molecule has 0 N–H and O–H groups in total. The fourth-order valence-electron chi connectivity index (χ4n) is 2.72. The van der Waals surface area contributed by atoms with E-state index in [2.05, 4.69) is 10.2 Å². The van der Waals surface area contributed by atoms with Crippen LogP contribution in [0, 0.1) is 5.82 Å². The molecule has 0 radical (unpaired) electrons. The maximum atomic E-state index is 13.0. The first-order valence-electron chi connectivity index (χ1n) is 8.73. The summed E-state index contributed by atoms with van der Waals surface area (Å²) >= 11 is 0. The molecule has 0 unspecified atom stereocenters. The van der Waals surface area contributed by atoms with Crippen LogP contribution in [-0.2, 0) is 0 Å². The van der Waals surface area contributed by atoms with Gasteiger partial charge in [-0.15, -0.1) is 10.2 Å². The summed E-state index contributed by atoms with van der Waals surface area (Å²) in [5.41, 5.74) is 3.60. The van der Waals surface area contributed by atoms with E-state index >= 15 is 0 Å². The molecule has 0 saturated carbocycles. The molecule has 1 aromatic heterocycles. The second kappa shape index (κ2) is 7.88. The molecule has 0 amide bonds. The van der Waals surface area contributed by atoms with Gasteiger partial charge in [-0.2, -0.15) is 0 Å². The van der Waals surface area contributed by atoms with Crippen LogP contribution in [-0.4, -0.2) is 17.3 Å². The van der Waals surface area contributed by atoms with Crippen molar-refractivity contribution in [3.05, 3.63) is 89.7 Å². The lowest BCUT2D eigenvalue weighted by molar-refractivity contribution is 0.414. The topological polar surface area (TPSA) is 48.2 Å². The zero-order chi connectivity index (χ0) is 19.3. The van der Waals surface area contributed by atoms with Crippen molar-refractivity contribution < 1.29 is 13.5 Å². The standard InChI is InChI=1S/C23H17FN2O2/c1-27-21-4-2-3-17(15-21)6-5-16-7-9-18(10-8-16)22-25-26-23(28-22)19-11-13-20(24)14-12-19/h2-15H,1H3/b6-5+. The number of aromatic nitrogens is 2. The van der Waals surface area contributed by atoms with Crippen molar-refractivity contribution in [2.24, 2.45) is 0 Å². The fraction of sp³-hybridized carbons (Fsp3) is 0.0435. The van der Waals surface area contributed by atoms with Gasteiger partial charge in [0.15, 0.2) is 0 Å². The molecule has 1 heterocycles. The Morgan fingerprint density at radius 3 is 2.04 bits per heavy atom. The zero-order valence-corrected chi connectivity index (χ0v) is 15.2. The Hall–Kier alpha value is -3.73. The number of hydrogen-bond donors (Lipinski definition) is 0. The third-order valence-corrected chi connectivity index (χ3v) is 4.24. The predicted octanol–water partition coefficient (Wildman–Crippen LogP) is 5.72.